The molecule has 0 bridgehead atoms. The summed E-state index contributed by atoms with van der Waals surface area (Å²) in [6.07, 6.45) is 3.45. The molecule has 6 rings (SSSR count). The molecule has 0 unspecified atom stereocenters. The van der Waals surface area contributed by atoms with Gasteiger partial charge in [-0.1, -0.05) is 42.5 Å². The Kier molecular flexibility index (Phi) is 5.20. The number of hydrogen-bond donors (Lipinski definition) is 4. The molecule has 4 heterocycles. The molecule has 3 aromatic heterocycles. The number of hydrogen-bond acceptors (Lipinski definition) is 4. The van der Waals surface area contributed by atoms with Crippen LogP contribution in [0.15, 0.2) is 72.0 Å². The average molecular weight is 500 g/mol. The molecule has 0 spiro atoms. The van der Waals surface area contributed by atoms with E-state index in [-0.39, 0.29) is 17.5 Å². The molecular weight excluding hydrogens is 474 g/mol. The Morgan fingerprint density at radius 3 is 2.61 bits per heavy atom. The molecule has 1 aliphatic heterocycles. The third-order valence-corrected chi connectivity index (χ3v) is 8.33. The van der Waals surface area contributed by atoms with Crippen LogP contribution in [0, 0.1) is 13.8 Å². The zero-order chi connectivity index (χ0) is 25.0. The van der Waals surface area contributed by atoms with Crippen LogP contribution in [0.5, 0.6) is 0 Å². The molecule has 0 radical (unpaired) electrons. The number of fused-ring (bicyclic) bond motifs is 4. The lowest BCUT2D eigenvalue weighted by Crippen LogP contribution is -2.45. The number of para-hydroxylation sites is 2. The van der Waals surface area contributed by atoms with Crippen LogP contribution >= 0.6 is 0 Å². The van der Waals surface area contributed by atoms with Crippen molar-refractivity contribution in [1.82, 2.24) is 25.0 Å². The van der Waals surface area contributed by atoms with E-state index in [0.29, 0.717) is 5.69 Å². The van der Waals surface area contributed by atoms with E-state index in [9.17, 15) is 13.2 Å². The fourth-order valence-corrected chi connectivity index (χ4v) is 6.39. The van der Waals surface area contributed by atoms with Crippen LogP contribution in [-0.2, 0) is 10.0 Å². The predicted octanol–water partition coefficient (Wildman–Crippen LogP) is 3.88. The number of amides is 1. The van der Waals surface area contributed by atoms with E-state index in [2.05, 4.69) is 25.0 Å². The Labute approximate surface area is 208 Å². The van der Waals surface area contributed by atoms with E-state index in [1.165, 1.54) is 12.3 Å². The Balaban J connectivity index is 1.58. The van der Waals surface area contributed by atoms with Crippen LogP contribution < -0.4 is 10.0 Å². The van der Waals surface area contributed by atoms with Gasteiger partial charge < -0.3 is 15.3 Å². The van der Waals surface area contributed by atoms with Gasteiger partial charge in [-0.3, -0.25) is 4.79 Å². The molecule has 1 amide bonds. The van der Waals surface area contributed by atoms with E-state index in [0.717, 1.165) is 44.1 Å². The Morgan fingerprint density at radius 2 is 1.81 bits per heavy atom. The van der Waals surface area contributed by atoms with E-state index in [4.69, 9.17) is 0 Å². The second-order valence-corrected chi connectivity index (χ2v) is 11.0. The van der Waals surface area contributed by atoms with E-state index < -0.39 is 22.0 Å². The quantitative estimate of drug-likeness (QED) is 0.300. The van der Waals surface area contributed by atoms with Gasteiger partial charge in [0.2, 0.25) is 0 Å². The summed E-state index contributed by atoms with van der Waals surface area (Å²) in [4.78, 5) is 24.0. The summed E-state index contributed by atoms with van der Waals surface area (Å²) in [5.74, 6) is -0.719. The number of aromatic amines is 2. The number of carbonyl (C=O) groups excluding carboxylic acids is 1. The van der Waals surface area contributed by atoms with Crippen LogP contribution in [-0.4, -0.2) is 41.9 Å². The molecule has 9 heteroatoms. The number of carbonyl (C=O) groups is 1. The summed E-state index contributed by atoms with van der Waals surface area (Å²) in [6.45, 7) is 4.00. The van der Waals surface area contributed by atoms with Gasteiger partial charge in [0.25, 0.3) is 15.9 Å². The van der Waals surface area contributed by atoms with Gasteiger partial charge in [-0.15, -0.1) is 0 Å². The van der Waals surface area contributed by atoms with Crippen molar-refractivity contribution in [2.45, 2.75) is 30.8 Å². The summed E-state index contributed by atoms with van der Waals surface area (Å²) in [5.41, 5.74) is 5.89. The molecule has 2 atom stereocenters. The van der Waals surface area contributed by atoms with Crippen molar-refractivity contribution in [3.05, 3.63) is 94.9 Å². The maximum atomic E-state index is 13.5. The third kappa shape index (κ3) is 3.59. The molecule has 0 fully saturated rings. The standard InChI is InChI=1S/C27H25N5O3S/c1-15-10-11-22(28-12-15)36(34,35)32-21-14-30-27(33)26-24(18-7-3-4-9-20(18)31-26)23(21)19-13-29-25-16(2)6-5-8-17(19)25/h3-13,21,23,29,31-32H,14H2,1-2H3,(H,30,33)/t21-,23+/m1/s1. The number of nitrogens with one attached hydrogen (secondary N) is 4. The highest BCUT2D eigenvalue weighted by atomic mass is 32.2. The van der Waals surface area contributed by atoms with Gasteiger partial charge in [0.05, 0.1) is 6.04 Å². The molecule has 36 heavy (non-hydrogen) atoms. The molecule has 0 saturated heterocycles. The lowest BCUT2D eigenvalue weighted by atomic mass is 9.84. The van der Waals surface area contributed by atoms with Crippen molar-refractivity contribution in [2.75, 3.05) is 6.54 Å². The average Bonchev–Trinajstić information content (AvgIpc) is 3.43. The van der Waals surface area contributed by atoms with Gasteiger partial charge in [0, 0.05) is 46.7 Å². The van der Waals surface area contributed by atoms with Crippen LogP contribution in [0.2, 0.25) is 0 Å². The fourth-order valence-electron chi connectivity index (χ4n) is 5.22. The van der Waals surface area contributed by atoms with Crippen LogP contribution in [0.1, 0.15) is 38.7 Å². The Hall–Kier alpha value is -3.95. The largest absolute Gasteiger partial charge is 0.361 e. The van der Waals surface area contributed by atoms with Gasteiger partial charge in [-0.05, 0) is 48.2 Å². The van der Waals surface area contributed by atoms with Gasteiger partial charge in [0.15, 0.2) is 5.03 Å². The first-order valence-corrected chi connectivity index (χ1v) is 13.2. The number of nitrogens with zero attached hydrogens (tertiary/aromatic N) is 1. The van der Waals surface area contributed by atoms with Crippen LogP contribution in [0.3, 0.4) is 0 Å². The first-order valence-electron chi connectivity index (χ1n) is 11.7. The van der Waals surface area contributed by atoms with E-state index >= 15 is 0 Å². The number of sulfonamides is 1. The number of aromatic nitrogens is 3. The van der Waals surface area contributed by atoms with Gasteiger partial charge in [0.1, 0.15) is 5.69 Å². The Bertz CT molecular complexity index is 1730. The summed E-state index contributed by atoms with van der Waals surface area (Å²) >= 11 is 0. The van der Waals surface area contributed by atoms with Crippen molar-refractivity contribution in [1.29, 1.82) is 0 Å². The SMILES string of the molecule is Cc1ccc(S(=O)(=O)N[C@@H]2CNC(=O)c3[nH]c4ccccc4c3[C@H]2c2c[nH]c3c(C)cccc23)nc1. The highest BCUT2D eigenvalue weighted by Crippen LogP contribution is 2.41. The monoisotopic (exact) mass is 499 g/mol. The predicted molar refractivity (Wildman–Crippen MR) is 139 cm³/mol. The van der Waals surface area contributed by atoms with Crippen LogP contribution in [0.4, 0.5) is 0 Å². The summed E-state index contributed by atoms with van der Waals surface area (Å²) in [5, 5.41) is 4.73. The fraction of sp³-hybridized carbons (Fsp3) is 0.185. The number of rotatable bonds is 4. The zero-order valence-electron chi connectivity index (χ0n) is 19.8. The molecule has 182 valence electrons. The van der Waals surface area contributed by atoms with Crippen molar-refractivity contribution in [3.8, 4) is 0 Å². The number of pyridine rings is 1. The summed E-state index contributed by atoms with van der Waals surface area (Å²) < 4.78 is 29.8. The second-order valence-electron chi connectivity index (χ2n) is 9.29. The number of H-pyrrole nitrogens is 2. The molecule has 5 aromatic rings. The van der Waals surface area contributed by atoms with Gasteiger partial charge >= 0.3 is 0 Å². The smallest absolute Gasteiger partial charge is 0.268 e. The highest BCUT2D eigenvalue weighted by molar-refractivity contribution is 7.89. The second kappa shape index (κ2) is 8.32. The summed E-state index contributed by atoms with van der Waals surface area (Å²) in [7, 11) is -3.97. The maximum Gasteiger partial charge on any atom is 0.268 e. The molecule has 8 nitrogen and oxygen atoms in total. The molecule has 0 saturated carbocycles. The first-order chi connectivity index (χ1) is 17.3. The molecule has 2 aromatic carbocycles. The topological polar surface area (TPSA) is 120 Å². The van der Waals surface area contributed by atoms with Gasteiger partial charge in [-0.25, -0.2) is 18.1 Å². The van der Waals surface area contributed by atoms with Crippen molar-refractivity contribution >= 4 is 37.7 Å². The lowest BCUT2D eigenvalue weighted by Gasteiger charge is -2.26. The van der Waals surface area contributed by atoms with E-state index in [1.54, 1.807) is 6.07 Å². The van der Waals surface area contributed by atoms with Gasteiger partial charge in [-0.2, -0.15) is 0 Å². The first kappa shape index (κ1) is 22.5. The normalized spacial score (nSPS) is 18.2. The molecule has 1 aliphatic rings. The zero-order valence-corrected chi connectivity index (χ0v) is 20.6. The highest BCUT2D eigenvalue weighted by Gasteiger charge is 2.38. The lowest BCUT2D eigenvalue weighted by molar-refractivity contribution is 0.0950. The number of benzene rings is 2. The minimum atomic E-state index is -3.97. The van der Waals surface area contributed by atoms with Crippen LogP contribution in [0.25, 0.3) is 21.8 Å². The van der Waals surface area contributed by atoms with E-state index in [1.807, 2.05) is 62.5 Å². The van der Waals surface area contributed by atoms with Crippen molar-refractivity contribution in [3.63, 3.8) is 0 Å². The van der Waals surface area contributed by atoms with Crippen molar-refractivity contribution in [2.24, 2.45) is 0 Å². The maximum absolute atomic E-state index is 13.5. The molecule has 0 aliphatic carbocycles. The third-order valence-electron chi connectivity index (χ3n) is 6.93. The summed E-state index contributed by atoms with van der Waals surface area (Å²) in [6, 6.07) is 16.3. The number of aryl methyl sites for hydroxylation is 2. The molecular formula is C27H25N5O3S. The van der Waals surface area contributed by atoms with Crippen molar-refractivity contribution < 1.29 is 13.2 Å². The minimum absolute atomic E-state index is 0.0589. The Morgan fingerprint density at radius 1 is 1.00 bits per heavy atom. The molecule has 4 N–H and O–H groups in total. The minimum Gasteiger partial charge on any atom is -0.361 e.